The summed E-state index contributed by atoms with van der Waals surface area (Å²) in [7, 11) is 4.33. The second-order valence-corrected chi connectivity index (χ2v) is 6.46. The van der Waals surface area contributed by atoms with E-state index < -0.39 is 0 Å². The highest BCUT2D eigenvalue weighted by Crippen LogP contribution is 2.39. The average molecular weight is 297 g/mol. The Morgan fingerprint density at radius 1 is 1.18 bits per heavy atom. The van der Waals surface area contributed by atoms with E-state index in [2.05, 4.69) is 63.4 Å². The summed E-state index contributed by atoms with van der Waals surface area (Å²) in [4.78, 5) is 6.73. The van der Waals surface area contributed by atoms with Gasteiger partial charge in [0, 0.05) is 19.4 Å². The Kier molecular flexibility index (Phi) is 3.30. The van der Waals surface area contributed by atoms with Crippen molar-refractivity contribution < 1.29 is 0 Å². The molecular weight excluding hydrogens is 274 g/mol. The minimum Gasteiger partial charge on any atom is -0.373 e. The van der Waals surface area contributed by atoms with Crippen LogP contribution < -0.4 is 10.3 Å². The molecule has 1 fully saturated rings. The zero-order valence-electron chi connectivity index (χ0n) is 13.2. The molecule has 1 N–H and O–H groups in total. The van der Waals surface area contributed by atoms with Crippen molar-refractivity contribution in [1.29, 1.82) is 0 Å². The first-order chi connectivity index (χ1) is 10.7. The number of fused-ring (bicyclic) bond motifs is 2. The molecule has 22 heavy (non-hydrogen) atoms. The van der Waals surface area contributed by atoms with Crippen molar-refractivity contribution in [3.05, 3.63) is 42.5 Å². The summed E-state index contributed by atoms with van der Waals surface area (Å²) in [5.41, 5.74) is 3.63. The van der Waals surface area contributed by atoms with Crippen LogP contribution in [0.5, 0.6) is 0 Å². The molecule has 2 aliphatic heterocycles. The molecule has 4 rings (SSSR count). The maximum atomic E-state index is 4.31. The van der Waals surface area contributed by atoms with E-state index in [-0.39, 0.29) is 0 Å². The molecule has 0 saturated carbocycles. The van der Waals surface area contributed by atoms with Gasteiger partial charge in [-0.25, -0.2) is 0 Å². The number of rotatable bonds is 1. The Labute approximate surface area is 131 Å². The van der Waals surface area contributed by atoms with Crippen LogP contribution in [0.1, 0.15) is 24.6 Å². The minimum atomic E-state index is 0.344. The molecule has 1 atom stereocenters. The molecule has 0 radical (unpaired) electrons. The first kappa shape index (κ1) is 13.6. The Morgan fingerprint density at radius 2 is 2.00 bits per heavy atom. The number of pyridine rings is 1. The van der Waals surface area contributed by atoms with Crippen LogP contribution in [-0.4, -0.2) is 41.7 Å². The molecule has 0 spiro atoms. The van der Waals surface area contributed by atoms with E-state index in [0.717, 1.165) is 5.69 Å². The molecule has 0 amide bonds. The third kappa shape index (κ3) is 2.16. The number of likely N-dealkylation sites (tertiary alicyclic amines) is 1. The van der Waals surface area contributed by atoms with Crippen molar-refractivity contribution in [2.24, 2.45) is 5.92 Å². The first-order valence-electron chi connectivity index (χ1n) is 8.04. The first-order valence-corrected chi connectivity index (χ1v) is 8.04. The molecule has 1 unspecified atom stereocenters. The molecule has 0 aromatic carbocycles. The Hall–Kier alpha value is -2.01. The van der Waals surface area contributed by atoms with Gasteiger partial charge in [-0.1, -0.05) is 0 Å². The summed E-state index contributed by atoms with van der Waals surface area (Å²) in [6.07, 6.45) is 8.42. The fraction of sp³-hybridized carbons (Fsp3) is 0.471. The number of hydrogen-bond donors (Lipinski definition) is 1. The van der Waals surface area contributed by atoms with Crippen LogP contribution in [0.4, 0.5) is 11.4 Å². The number of nitrogens with one attached hydrogen (secondary N) is 1. The number of nitrogens with zero attached hydrogens (tertiary/aromatic N) is 4. The number of aromatic nitrogens is 2. The third-order valence-electron chi connectivity index (χ3n) is 5.09. The van der Waals surface area contributed by atoms with Crippen molar-refractivity contribution in [2.45, 2.75) is 18.9 Å². The van der Waals surface area contributed by atoms with E-state index in [1.165, 1.54) is 37.3 Å². The lowest BCUT2D eigenvalue weighted by atomic mass is 9.87. The van der Waals surface area contributed by atoms with Gasteiger partial charge in [0.1, 0.15) is 0 Å². The van der Waals surface area contributed by atoms with Crippen LogP contribution in [0.2, 0.25) is 0 Å². The third-order valence-corrected chi connectivity index (χ3v) is 5.09. The summed E-state index contributed by atoms with van der Waals surface area (Å²) in [6, 6.07) is 6.80. The highest BCUT2D eigenvalue weighted by molar-refractivity contribution is 5.70. The number of hydrogen-bond acceptors (Lipinski definition) is 4. The molecular formula is C17H23N5. The van der Waals surface area contributed by atoms with Gasteiger partial charge in [-0.15, -0.1) is 0 Å². The van der Waals surface area contributed by atoms with Gasteiger partial charge in [0.15, 0.2) is 0 Å². The molecule has 5 nitrogen and oxygen atoms in total. The lowest BCUT2D eigenvalue weighted by Crippen LogP contribution is -2.35. The average Bonchev–Trinajstić information content (AvgIpc) is 2.99. The molecule has 0 bridgehead atoms. The van der Waals surface area contributed by atoms with Crippen molar-refractivity contribution in [2.75, 3.05) is 37.5 Å². The fourth-order valence-corrected chi connectivity index (χ4v) is 3.76. The number of anilines is 2. The van der Waals surface area contributed by atoms with E-state index in [9.17, 15) is 0 Å². The van der Waals surface area contributed by atoms with Crippen LogP contribution in [-0.2, 0) is 0 Å². The fourth-order valence-electron chi connectivity index (χ4n) is 3.76. The number of piperidine rings is 1. The Bertz CT molecular complexity index is 657. The summed E-state index contributed by atoms with van der Waals surface area (Å²) >= 11 is 0. The molecule has 0 aliphatic carbocycles. The van der Waals surface area contributed by atoms with Crippen LogP contribution in [0, 0.1) is 5.92 Å². The molecule has 1 saturated heterocycles. The van der Waals surface area contributed by atoms with E-state index in [4.69, 9.17) is 0 Å². The predicted octanol–water partition coefficient (Wildman–Crippen LogP) is 2.59. The molecule has 4 heterocycles. The van der Waals surface area contributed by atoms with E-state index in [1.807, 2.05) is 12.4 Å². The van der Waals surface area contributed by atoms with Gasteiger partial charge in [0.25, 0.3) is 0 Å². The molecule has 2 aromatic rings. The normalized spacial score (nSPS) is 22.6. The Morgan fingerprint density at radius 3 is 2.82 bits per heavy atom. The van der Waals surface area contributed by atoms with Crippen LogP contribution >= 0.6 is 0 Å². The van der Waals surface area contributed by atoms with Gasteiger partial charge in [-0.3, -0.25) is 14.7 Å². The highest BCUT2D eigenvalue weighted by Gasteiger charge is 2.32. The van der Waals surface area contributed by atoms with Crippen molar-refractivity contribution in [1.82, 2.24) is 14.6 Å². The zero-order chi connectivity index (χ0) is 15.1. The van der Waals surface area contributed by atoms with Crippen molar-refractivity contribution >= 4 is 11.4 Å². The Balaban J connectivity index is 1.75. The second kappa shape index (κ2) is 5.32. The lowest BCUT2D eigenvalue weighted by Gasteiger charge is -2.34. The lowest BCUT2D eigenvalue weighted by molar-refractivity contribution is 0.202. The summed E-state index contributed by atoms with van der Waals surface area (Å²) in [6.45, 7) is 2.36. The van der Waals surface area contributed by atoms with Crippen LogP contribution in [0.15, 0.2) is 36.8 Å². The monoisotopic (exact) mass is 297 g/mol. The summed E-state index contributed by atoms with van der Waals surface area (Å²) in [5.74, 6) is 0.657. The standard InChI is InChI=1S/C17H23N5/c1-20-10-6-13(7-11-20)17-16-4-3-9-22(16)21(2)15-5-8-18-12-14(15)19-17/h3-5,8-9,12-13,17,19H,6-7,10-11H2,1-2H3. The van der Waals surface area contributed by atoms with Crippen molar-refractivity contribution in [3.8, 4) is 0 Å². The second-order valence-electron chi connectivity index (χ2n) is 6.46. The molecule has 5 heteroatoms. The smallest absolute Gasteiger partial charge is 0.0837 e. The molecule has 116 valence electrons. The van der Waals surface area contributed by atoms with Gasteiger partial charge in [0.2, 0.25) is 0 Å². The van der Waals surface area contributed by atoms with Gasteiger partial charge < -0.3 is 10.2 Å². The van der Waals surface area contributed by atoms with Crippen LogP contribution in [0.25, 0.3) is 0 Å². The summed E-state index contributed by atoms with van der Waals surface area (Å²) < 4.78 is 2.27. The van der Waals surface area contributed by atoms with Crippen molar-refractivity contribution in [3.63, 3.8) is 0 Å². The van der Waals surface area contributed by atoms with Gasteiger partial charge >= 0.3 is 0 Å². The van der Waals surface area contributed by atoms with Gasteiger partial charge in [0.05, 0.1) is 29.3 Å². The molecule has 2 aliphatic rings. The highest BCUT2D eigenvalue weighted by atomic mass is 15.5. The van der Waals surface area contributed by atoms with E-state index in [0.29, 0.717) is 12.0 Å². The quantitative estimate of drug-likeness (QED) is 0.878. The molecule has 2 aromatic heterocycles. The summed E-state index contributed by atoms with van der Waals surface area (Å²) in [5, 5.41) is 5.98. The maximum absolute atomic E-state index is 4.31. The SMILES string of the molecule is CN1CCC(C2Nc3cnccc3N(C)n3cccc32)CC1. The topological polar surface area (TPSA) is 36.3 Å². The largest absolute Gasteiger partial charge is 0.373 e. The maximum Gasteiger partial charge on any atom is 0.0837 e. The zero-order valence-corrected chi connectivity index (χ0v) is 13.2. The predicted molar refractivity (Wildman–Crippen MR) is 89.1 cm³/mol. The minimum absolute atomic E-state index is 0.344. The van der Waals surface area contributed by atoms with E-state index in [1.54, 1.807) is 0 Å². The van der Waals surface area contributed by atoms with E-state index >= 15 is 0 Å². The van der Waals surface area contributed by atoms with Gasteiger partial charge in [-0.05, 0) is 57.1 Å². The van der Waals surface area contributed by atoms with Crippen LogP contribution in [0.3, 0.4) is 0 Å². The van der Waals surface area contributed by atoms with Gasteiger partial charge in [-0.2, -0.15) is 0 Å².